The topological polar surface area (TPSA) is 127 Å². The highest BCUT2D eigenvalue weighted by atomic mass is 35.5. The molecule has 6 N–H and O–H groups in total. The number of fused-ring (bicyclic) bond motifs is 1. The second kappa shape index (κ2) is 4.96. The van der Waals surface area contributed by atoms with Crippen molar-refractivity contribution in [3.05, 3.63) is 5.82 Å². The van der Waals surface area contributed by atoms with Crippen molar-refractivity contribution in [1.29, 1.82) is 0 Å². The van der Waals surface area contributed by atoms with Gasteiger partial charge in [0.2, 0.25) is 5.95 Å². The molecular weight excluding hydrogens is 243 g/mol. The second-order valence-electron chi connectivity index (χ2n) is 2.51. The molecule has 2 aromatic heterocycles. The van der Waals surface area contributed by atoms with Gasteiger partial charge in [0.25, 0.3) is 0 Å². The van der Waals surface area contributed by atoms with E-state index in [0.717, 1.165) is 0 Å². The summed E-state index contributed by atoms with van der Waals surface area (Å²) < 4.78 is 0. The SMILES string of the molecule is Cl.Cl.Nc1nc(N)c2[nH]c(CO)nc2n1. The minimum Gasteiger partial charge on any atom is -0.388 e. The Morgan fingerprint density at radius 3 is 2.40 bits per heavy atom. The molecule has 2 rings (SSSR count). The smallest absolute Gasteiger partial charge is 0.224 e. The molecule has 7 nitrogen and oxygen atoms in total. The van der Waals surface area contributed by atoms with Gasteiger partial charge >= 0.3 is 0 Å². The number of aromatic amines is 1. The summed E-state index contributed by atoms with van der Waals surface area (Å²) in [5.41, 5.74) is 11.8. The van der Waals surface area contributed by atoms with Crippen LogP contribution in [0.4, 0.5) is 11.8 Å². The number of nitrogen functional groups attached to an aromatic ring is 2. The van der Waals surface area contributed by atoms with Crippen molar-refractivity contribution >= 4 is 47.7 Å². The van der Waals surface area contributed by atoms with Crippen LogP contribution < -0.4 is 11.5 Å². The van der Waals surface area contributed by atoms with Gasteiger partial charge in [0.15, 0.2) is 11.5 Å². The molecule has 0 spiro atoms. The van der Waals surface area contributed by atoms with E-state index in [1.165, 1.54) is 0 Å². The summed E-state index contributed by atoms with van der Waals surface area (Å²) in [6.45, 7) is -0.199. The van der Waals surface area contributed by atoms with Crippen molar-refractivity contribution < 1.29 is 5.11 Å². The van der Waals surface area contributed by atoms with Gasteiger partial charge in [-0.25, -0.2) is 4.98 Å². The molecule has 0 bridgehead atoms. The van der Waals surface area contributed by atoms with E-state index in [-0.39, 0.29) is 43.2 Å². The highest BCUT2D eigenvalue weighted by molar-refractivity contribution is 5.85. The van der Waals surface area contributed by atoms with E-state index < -0.39 is 0 Å². The molecule has 0 unspecified atom stereocenters. The normalized spacial score (nSPS) is 9.40. The quantitative estimate of drug-likeness (QED) is 0.559. The zero-order valence-electron chi connectivity index (χ0n) is 7.47. The molecule has 9 heteroatoms. The highest BCUT2D eigenvalue weighted by Gasteiger charge is 2.07. The summed E-state index contributed by atoms with van der Waals surface area (Å²) in [5, 5.41) is 8.78. The lowest BCUT2D eigenvalue weighted by atomic mass is 10.5. The zero-order chi connectivity index (χ0) is 9.42. The van der Waals surface area contributed by atoms with Gasteiger partial charge in [-0.3, -0.25) is 0 Å². The molecule has 15 heavy (non-hydrogen) atoms. The third kappa shape index (κ3) is 2.38. The lowest BCUT2D eigenvalue weighted by Gasteiger charge is -1.94. The Kier molecular flexibility index (Phi) is 4.53. The summed E-state index contributed by atoms with van der Waals surface area (Å²) in [7, 11) is 0. The van der Waals surface area contributed by atoms with Crippen LogP contribution in [0.3, 0.4) is 0 Å². The molecule has 0 amide bonds. The van der Waals surface area contributed by atoms with Crippen molar-refractivity contribution in [1.82, 2.24) is 19.9 Å². The number of anilines is 2. The molecule has 0 saturated carbocycles. The lowest BCUT2D eigenvalue weighted by Crippen LogP contribution is -1.99. The number of imidazole rings is 1. The Morgan fingerprint density at radius 1 is 1.13 bits per heavy atom. The molecule has 0 aliphatic rings. The number of aliphatic hydroxyl groups is 1. The summed E-state index contributed by atoms with van der Waals surface area (Å²) >= 11 is 0. The maximum Gasteiger partial charge on any atom is 0.224 e. The molecule has 0 aliphatic carbocycles. The van der Waals surface area contributed by atoms with E-state index in [1.807, 2.05) is 0 Å². The second-order valence-corrected chi connectivity index (χ2v) is 2.51. The molecule has 0 radical (unpaired) electrons. The van der Waals surface area contributed by atoms with Gasteiger partial charge in [-0.05, 0) is 0 Å². The van der Waals surface area contributed by atoms with Crippen LogP contribution in [0.5, 0.6) is 0 Å². The van der Waals surface area contributed by atoms with E-state index in [1.54, 1.807) is 0 Å². The first kappa shape index (κ1) is 13.7. The summed E-state index contributed by atoms with van der Waals surface area (Å²) in [6, 6.07) is 0. The number of nitrogens with two attached hydrogens (primary N) is 2. The Balaban J connectivity index is 0.000000980. The summed E-state index contributed by atoms with van der Waals surface area (Å²) in [4.78, 5) is 14.3. The van der Waals surface area contributed by atoms with E-state index in [9.17, 15) is 0 Å². The van der Waals surface area contributed by atoms with Gasteiger partial charge in [-0.2, -0.15) is 9.97 Å². The van der Waals surface area contributed by atoms with Gasteiger partial charge < -0.3 is 21.6 Å². The lowest BCUT2D eigenvalue weighted by molar-refractivity contribution is 0.273. The first-order valence-electron chi connectivity index (χ1n) is 3.59. The number of rotatable bonds is 1. The molecule has 0 aliphatic heterocycles. The number of aromatic nitrogens is 4. The van der Waals surface area contributed by atoms with Crippen molar-refractivity contribution in [2.75, 3.05) is 11.5 Å². The maximum atomic E-state index is 8.78. The molecular formula is C6H10Cl2N6O. The van der Waals surface area contributed by atoms with Crippen molar-refractivity contribution in [2.45, 2.75) is 6.61 Å². The number of hydrogen-bond acceptors (Lipinski definition) is 6. The average Bonchev–Trinajstić information content (AvgIpc) is 2.47. The fourth-order valence-corrected chi connectivity index (χ4v) is 1.06. The fourth-order valence-electron chi connectivity index (χ4n) is 1.06. The number of nitrogens with one attached hydrogen (secondary N) is 1. The number of nitrogens with zero attached hydrogens (tertiary/aromatic N) is 3. The number of aliphatic hydroxyl groups excluding tert-OH is 1. The summed E-state index contributed by atoms with van der Waals surface area (Å²) in [6.07, 6.45) is 0. The molecule has 0 aromatic carbocycles. The Hall–Kier alpha value is -1.31. The molecule has 0 atom stereocenters. The van der Waals surface area contributed by atoms with Gasteiger partial charge in [0.05, 0.1) is 0 Å². The predicted octanol–water partition coefficient (Wildman–Crippen LogP) is -0.147. The fraction of sp³-hybridized carbons (Fsp3) is 0.167. The minimum absolute atomic E-state index is 0. The van der Waals surface area contributed by atoms with Crippen molar-refractivity contribution in [3.63, 3.8) is 0 Å². The van der Waals surface area contributed by atoms with Crippen LogP contribution in [0.1, 0.15) is 5.82 Å². The Morgan fingerprint density at radius 2 is 1.80 bits per heavy atom. The first-order chi connectivity index (χ1) is 6.20. The van der Waals surface area contributed by atoms with Gasteiger partial charge in [0, 0.05) is 0 Å². The van der Waals surface area contributed by atoms with Crippen LogP contribution in [0.15, 0.2) is 0 Å². The molecule has 0 fully saturated rings. The number of halogens is 2. The number of H-pyrrole nitrogens is 1. The minimum atomic E-state index is -0.199. The van der Waals surface area contributed by atoms with Gasteiger partial charge in [-0.15, -0.1) is 24.8 Å². The zero-order valence-corrected chi connectivity index (χ0v) is 9.10. The van der Waals surface area contributed by atoms with Gasteiger partial charge in [0.1, 0.15) is 17.9 Å². The monoisotopic (exact) mass is 252 g/mol. The van der Waals surface area contributed by atoms with E-state index in [0.29, 0.717) is 17.0 Å². The van der Waals surface area contributed by atoms with E-state index in [2.05, 4.69) is 19.9 Å². The first-order valence-corrected chi connectivity index (χ1v) is 3.59. The summed E-state index contributed by atoms with van der Waals surface area (Å²) in [5.74, 6) is 0.692. The third-order valence-electron chi connectivity index (χ3n) is 1.60. The largest absolute Gasteiger partial charge is 0.388 e. The van der Waals surface area contributed by atoms with Crippen LogP contribution in [-0.4, -0.2) is 25.0 Å². The molecule has 2 heterocycles. The van der Waals surface area contributed by atoms with E-state index >= 15 is 0 Å². The van der Waals surface area contributed by atoms with Crippen molar-refractivity contribution in [3.8, 4) is 0 Å². The van der Waals surface area contributed by atoms with Crippen molar-refractivity contribution in [2.24, 2.45) is 0 Å². The van der Waals surface area contributed by atoms with Crippen LogP contribution in [0, 0.1) is 0 Å². The number of hydrogen-bond donors (Lipinski definition) is 4. The maximum absolute atomic E-state index is 8.78. The average molecular weight is 253 g/mol. The molecule has 84 valence electrons. The highest BCUT2D eigenvalue weighted by Crippen LogP contribution is 2.15. The van der Waals surface area contributed by atoms with Crippen LogP contribution in [0.2, 0.25) is 0 Å². The Labute approximate surface area is 97.1 Å². The molecule has 2 aromatic rings. The van der Waals surface area contributed by atoms with E-state index in [4.69, 9.17) is 16.6 Å². The van der Waals surface area contributed by atoms with Crippen LogP contribution >= 0.6 is 24.8 Å². The van der Waals surface area contributed by atoms with Crippen LogP contribution in [-0.2, 0) is 6.61 Å². The van der Waals surface area contributed by atoms with Gasteiger partial charge in [-0.1, -0.05) is 0 Å². The third-order valence-corrected chi connectivity index (χ3v) is 1.60. The molecule has 0 saturated heterocycles. The predicted molar refractivity (Wildman–Crippen MR) is 60.9 cm³/mol. The van der Waals surface area contributed by atoms with Crippen LogP contribution in [0.25, 0.3) is 11.2 Å². The standard InChI is InChI=1S/C6H8N6O.2ClH/c7-4-3-5(12-6(8)11-4)10-2(1-13)9-3;;/h13H,1H2,(H5,7,8,9,10,11,12);2*1H. The Bertz CT molecular complexity index is 458.